The highest BCUT2D eigenvalue weighted by molar-refractivity contribution is 5.89. The van der Waals surface area contributed by atoms with Crippen LogP contribution in [-0.4, -0.2) is 46.5 Å². The molecule has 1 unspecified atom stereocenters. The van der Waals surface area contributed by atoms with Crippen molar-refractivity contribution in [2.45, 2.75) is 25.4 Å². The van der Waals surface area contributed by atoms with E-state index in [-0.39, 0.29) is 12.1 Å². The lowest BCUT2D eigenvalue weighted by molar-refractivity contribution is 0.00773. The second-order valence-corrected chi connectivity index (χ2v) is 6.50. The summed E-state index contributed by atoms with van der Waals surface area (Å²) in [5, 5.41) is 7.22. The number of amides is 2. The van der Waals surface area contributed by atoms with Gasteiger partial charge in [0.2, 0.25) is 0 Å². The normalized spacial score (nSPS) is 20.8. The predicted octanol–water partition coefficient (Wildman–Crippen LogP) is 2.57. The molecule has 126 valence electrons. The molecular formula is C18H22N4O2. The molecule has 0 spiro atoms. The zero-order valence-corrected chi connectivity index (χ0v) is 13.6. The van der Waals surface area contributed by atoms with Crippen LogP contribution >= 0.6 is 0 Å². The molecule has 24 heavy (non-hydrogen) atoms. The Morgan fingerprint density at radius 1 is 1.29 bits per heavy atom. The van der Waals surface area contributed by atoms with Crippen LogP contribution in [0.1, 0.15) is 18.4 Å². The van der Waals surface area contributed by atoms with E-state index in [1.54, 1.807) is 6.20 Å². The van der Waals surface area contributed by atoms with Gasteiger partial charge in [-0.05, 0) is 42.5 Å². The molecule has 2 heterocycles. The Morgan fingerprint density at radius 3 is 2.83 bits per heavy atom. The van der Waals surface area contributed by atoms with Gasteiger partial charge in [-0.15, -0.1) is 0 Å². The smallest absolute Gasteiger partial charge is 0.322 e. The molecule has 1 N–H and O–H groups in total. The fraction of sp³-hybridized carbons (Fsp3) is 0.444. The van der Waals surface area contributed by atoms with Gasteiger partial charge in [-0.1, -0.05) is 12.1 Å². The minimum atomic E-state index is -0.0185. The molecular weight excluding hydrogens is 304 g/mol. The van der Waals surface area contributed by atoms with E-state index in [1.807, 2.05) is 46.1 Å². The number of ether oxygens (including phenoxy) is 1. The number of hydrogen-bond donors (Lipinski definition) is 1. The number of benzene rings is 1. The van der Waals surface area contributed by atoms with Crippen molar-refractivity contribution >= 4 is 11.7 Å². The number of urea groups is 1. The van der Waals surface area contributed by atoms with Gasteiger partial charge in [-0.2, -0.15) is 5.10 Å². The highest BCUT2D eigenvalue weighted by atomic mass is 16.5. The molecule has 2 fully saturated rings. The van der Waals surface area contributed by atoms with Crippen LogP contribution < -0.4 is 5.32 Å². The van der Waals surface area contributed by atoms with Crippen molar-refractivity contribution in [3.8, 4) is 0 Å². The topological polar surface area (TPSA) is 59.4 Å². The molecule has 1 aliphatic heterocycles. The van der Waals surface area contributed by atoms with Gasteiger partial charge in [0.25, 0.3) is 0 Å². The van der Waals surface area contributed by atoms with Crippen LogP contribution in [-0.2, 0) is 11.3 Å². The highest BCUT2D eigenvalue weighted by Gasteiger charge is 2.39. The standard InChI is InChI=1S/C18H22N4O2/c23-18(22-10-11-24-13-17(22)15-4-5-15)20-16-6-2-14(3-7-16)12-21-9-1-8-19-21/h1-3,6-9,15,17H,4-5,10-13H2,(H,20,23). The van der Waals surface area contributed by atoms with Crippen LogP contribution in [0.15, 0.2) is 42.7 Å². The zero-order valence-electron chi connectivity index (χ0n) is 13.6. The summed E-state index contributed by atoms with van der Waals surface area (Å²) in [7, 11) is 0. The van der Waals surface area contributed by atoms with Gasteiger partial charge < -0.3 is 15.0 Å². The third kappa shape index (κ3) is 3.43. The van der Waals surface area contributed by atoms with Gasteiger partial charge in [-0.25, -0.2) is 4.79 Å². The van der Waals surface area contributed by atoms with Crippen molar-refractivity contribution in [3.05, 3.63) is 48.3 Å². The molecule has 2 aromatic rings. The van der Waals surface area contributed by atoms with E-state index < -0.39 is 0 Å². The highest BCUT2D eigenvalue weighted by Crippen LogP contribution is 2.36. The Balaban J connectivity index is 1.38. The maximum atomic E-state index is 12.6. The molecule has 1 saturated carbocycles. The van der Waals surface area contributed by atoms with Crippen LogP contribution in [0, 0.1) is 5.92 Å². The van der Waals surface area contributed by atoms with E-state index in [4.69, 9.17) is 4.74 Å². The molecule has 2 amide bonds. The van der Waals surface area contributed by atoms with Crippen molar-refractivity contribution in [2.24, 2.45) is 5.92 Å². The predicted molar refractivity (Wildman–Crippen MR) is 90.8 cm³/mol. The van der Waals surface area contributed by atoms with Crippen LogP contribution in [0.4, 0.5) is 10.5 Å². The van der Waals surface area contributed by atoms with Crippen molar-refractivity contribution in [1.82, 2.24) is 14.7 Å². The summed E-state index contributed by atoms with van der Waals surface area (Å²) in [6.45, 7) is 2.69. The van der Waals surface area contributed by atoms with Crippen LogP contribution in [0.25, 0.3) is 0 Å². The van der Waals surface area contributed by atoms with Gasteiger partial charge in [0, 0.05) is 24.6 Å². The molecule has 0 bridgehead atoms. The van der Waals surface area contributed by atoms with Gasteiger partial charge in [0.15, 0.2) is 0 Å². The number of morpholine rings is 1. The van der Waals surface area contributed by atoms with Crippen LogP contribution in [0.3, 0.4) is 0 Å². The number of aromatic nitrogens is 2. The summed E-state index contributed by atoms with van der Waals surface area (Å²) in [6.07, 6.45) is 6.12. The molecule has 4 rings (SSSR count). The van der Waals surface area contributed by atoms with E-state index in [0.29, 0.717) is 25.7 Å². The first-order valence-corrected chi connectivity index (χ1v) is 8.51. The van der Waals surface area contributed by atoms with Gasteiger partial charge in [-0.3, -0.25) is 4.68 Å². The SMILES string of the molecule is O=C(Nc1ccc(Cn2cccn2)cc1)N1CCOCC1C1CC1. The van der Waals surface area contributed by atoms with Crippen molar-refractivity contribution in [2.75, 3.05) is 25.1 Å². The van der Waals surface area contributed by atoms with E-state index in [0.717, 1.165) is 17.8 Å². The minimum Gasteiger partial charge on any atom is -0.377 e. The van der Waals surface area contributed by atoms with Crippen molar-refractivity contribution < 1.29 is 9.53 Å². The zero-order chi connectivity index (χ0) is 16.4. The van der Waals surface area contributed by atoms with Crippen LogP contribution in [0.2, 0.25) is 0 Å². The Kier molecular flexibility index (Phi) is 4.21. The van der Waals surface area contributed by atoms with E-state index in [9.17, 15) is 4.79 Å². The molecule has 0 radical (unpaired) electrons. The molecule has 1 atom stereocenters. The largest absolute Gasteiger partial charge is 0.377 e. The number of carbonyl (C=O) groups excluding carboxylic acids is 1. The van der Waals surface area contributed by atoms with Crippen molar-refractivity contribution in [1.29, 1.82) is 0 Å². The third-order valence-electron chi connectivity index (χ3n) is 4.70. The number of nitrogens with zero attached hydrogens (tertiary/aromatic N) is 3. The first-order chi connectivity index (χ1) is 11.8. The summed E-state index contributed by atoms with van der Waals surface area (Å²) < 4.78 is 7.43. The first kappa shape index (κ1) is 15.2. The number of anilines is 1. The summed E-state index contributed by atoms with van der Waals surface area (Å²) in [5.74, 6) is 0.618. The van der Waals surface area contributed by atoms with Crippen molar-refractivity contribution in [3.63, 3.8) is 0 Å². The number of rotatable bonds is 4. The van der Waals surface area contributed by atoms with E-state index in [2.05, 4.69) is 10.4 Å². The average molecular weight is 326 g/mol. The number of nitrogens with one attached hydrogen (secondary N) is 1. The van der Waals surface area contributed by atoms with Gasteiger partial charge in [0.1, 0.15) is 0 Å². The van der Waals surface area contributed by atoms with E-state index >= 15 is 0 Å². The maximum Gasteiger partial charge on any atom is 0.322 e. The Morgan fingerprint density at radius 2 is 2.12 bits per heavy atom. The fourth-order valence-electron chi connectivity index (χ4n) is 3.22. The Bertz CT molecular complexity index is 680. The molecule has 1 aliphatic carbocycles. The fourth-order valence-corrected chi connectivity index (χ4v) is 3.22. The Labute approximate surface area is 141 Å². The monoisotopic (exact) mass is 326 g/mol. The lowest BCUT2D eigenvalue weighted by Crippen LogP contribution is -2.51. The molecule has 6 nitrogen and oxygen atoms in total. The summed E-state index contributed by atoms with van der Waals surface area (Å²) in [6, 6.07) is 10.1. The molecule has 6 heteroatoms. The lowest BCUT2D eigenvalue weighted by atomic mass is 10.1. The van der Waals surface area contributed by atoms with Crippen LogP contribution in [0.5, 0.6) is 0 Å². The molecule has 1 aromatic carbocycles. The average Bonchev–Trinajstić information content (AvgIpc) is 3.34. The minimum absolute atomic E-state index is 0.0185. The van der Waals surface area contributed by atoms with Gasteiger partial charge in [0.05, 0.1) is 25.8 Å². The molecule has 2 aliphatic rings. The first-order valence-electron chi connectivity index (χ1n) is 8.51. The Hall–Kier alpha value is -2.34. The van der Waals surface area contributed by atoms with E-state index in [1.165, 1.54) is 12.8 Å². The number of hydrogen-bond acceptors (Lipinski definition) is 3. The number of carbonyl (C=O) groups is 1. The quantitative estimate of drug-likeness (QED) is 0.939. The second kappa shape index (κ2) is 6.65. The second-order valence-electron chi connectivity index (χ2n) is 6.50. The summed E-state index contributed by atoms with van der Waals surface area (Å²) in [4.78, 5) is 14.5. The third-order valence-corrected chi connectivity index (χ3v) is 4.70. The summed E-state index contributed by atoms with van der Waals surface area (Å²) >= 11 is 0. The lowest BCUT2D eigenvalue weighted by Gasteiger charge is -2.35. The van der Waals surface area contributed by atoms with Gasteiger partial charge >= 0.3 is 6.03 Å². The molecule has 1 aromatic heterocycles. The summed E-state index contributed by atoms with van der Waals surface area (Å²) in [5.41, 5.74) is 1.98. The molecule has 1 saturated heterocycles. The maximum absolute atomic E-state index is 12.6.